The first-order valence-electron chi connectivity index (χ1n) is 4.93. The molecule has 14 heavy (non-hydrogen) atoms. The lowest BCUT2D eigenvalue weighted by Crippen LogP contribution is -2.02. The van der Waals surface area contributed by atoms with Crippen molar-refractivity contribution in [3.8, 4) is 5.75 Å². The summed E-state index contributed by atoms with van der Waals surface area (Å²) < 4.78 is 11.1. The van der Waals surface area contributed by atoms with Gasteiger partial charge in [-0.3, -0.25) is 0 Å². The van der Waals surface area contributed by atoms with Gasteiger partial charge in [0.15, 0.2) is 0 Å². The third-order valence-electron chi connectivity index (χ3n) is 2.80. The highest BCUT2D eigenvalue weighted by atomic mass is 16.5. The van der Waals surface area contributed by atoms with E-state index < -0.39 is 0 Å². The van der Waals surface area contributed by atoms with Crippen LogP contribution in [0, 0.1) is 0 Å². The molecule has 0 aromatic heterocycles. The van der Waals surface area contributed by atoms with Crippen molar-refractivity contribution in [1.29, 1.82) is 0 Å². The minimum absolute atomic E-state index is 0.654. The van der Waals surface area contributed by atoms with Gasteiger partial charge in [-0.1, -0.05) is 12.1 Å². The zero-order chi connectivity index (χ0) is 9.54. The molecule has 0 bridgehead atoms. The molecule has 0 spiro atoms. The van der Waals surface area contributed by atoms with Crippen molar-refractivity contribution < 1.29 is 9.47 Å². The van der Waals surface area contributed by atoms with Crippen molar-refractivity contribution in [2.45, 2.75) is 20.0 Å². The van der Waals surface area contributed by atoms with Crippen molar-refractivity contribution in [1.82, 2.24) is 0 Å². The third-order valence-corrected chi connectivity index (χ3v) is 2.80. The van der Waals surface area contributed by atoms with Crippen molar-refractivity contribution >= 4 is 6.08 Å². The standard InChI is InChI=1S/C12H12O2/c1-8-6-10-3-2-9-4-5-13-12(9)11(10)7-14-8/h2-3,6H,4-5,7H2,1H3. The number of rotatable bonds is 0. The second-order valence-electron chi connectivity index (χ2n) is 3.76. The zero-order valence-corrected chi connectivity index (χ0v) is 8.17. The van der Waals surface area contributed by atoms with E-state index in [2.05, 4.69) is 18.2 Å². The van der Waals surface area contributed by atoms with Gasteiger partial charge >= 0.3 is 0 Å². The number of hydrogen-bond donors (Lipinski definition) is 0. The second kappa shape index (κ2) is 2.77. The minimum atomic E-state index is 0.654. The Hall–Kier alpha value is -1.44. The van der Waals surface area contributed by atoms with Crippen molar-refractivity contribution in [3.63, 3.8) is 0 Å². The van der Waals surface area contributed by atoms with Gasteiger partial charge < -0.3 is 9.47 Å². The molecule has 0 N–H and O–H groups in total. The van der Waals surface area contributed by atoms with Crippen LogP contribution in [0.5, 0.6) is 5.75 Å². The number of hydrogen-bond acceptors (Lipinski definition) is 2. The van der Waals surface area contributed by atoms with E-state index >= 15 is 0 Å². The minimum Gasteiger partial charge on any atom is -0.493 e. The highest BCUT2D eigenvalue weighted by Gasteiger charge is 2.21. The van der Waals surface area contributed by atoms with E-state index in [1.165, 1.54) is 16.7 Å². The Kier molecular flexibility index (Phi) is 1.57. The summed E-state index contributed by atoms with van der Waals surface area (Å²) in [7, 11) is 0. The number of allylic oxidation sites excluding steroid dienone is 1. The van der Waals surface area contributed by atoms with E-state index in [0.29, 0.717) is 6.61 Å². The lowest BCUT2D eigenvalue weighted by atomic mass is 10.0. The molecule has 1 aromatic rings. The van der Waals surface area contributed by atoms with E-state index in [4.69, 9.17) is 9.47 Å². The third kappa shape index (κ3) is 1.03. The van der Waals surface area contributed by atoms with Gasteiger partial charge in [0.25, 0.3) is 0 Å². The Labute approximate surface area is 83.1 Å². The monoisotopic (exact) mass is 188 g/mol. The Morgan fingerprint density at radius 3 is 3.07 bits per heavy atom. The van der Waals surface area contributed by atoms with Crippen molar-refractivity contribution in [3.05, 3.63) is 34.6 Å². The average Bonchev–Trinajstić information content (AvgIpc) is 2.65. The normalized spacial score (nSPS) is 17.6. The van der Waals surface area contributed by atoms with E-state index in [1.54, 1.807) is 0 Å². The van der Waals surface area contributed by atoms with E-state index in [9.17, 15) is 0 Å². The first kappa shape index (κ1) is 7.92. The maximum Gasteiger partial charge on any atom is 0.129 e. The van der Waals surface area contributed by atoms with Crippen LogP contribution in [-0.4, -0.2) is 6.61 Å². The molecule has 0 fully saturated rings. The van der Waals surface area contributed by atoms with Crippen LogP contribution < -0.4 is 4.74 Å². The van der Waals surface area contributed by atoms with Gasteiger partial charge in [0.05, 0.1) is 12.4 Å². The van der Waals surface area contributed by atoms with E-state index in [0.717, 1.165) is 24.5 Å². The maximum atomic E-state index is 5.62. The first-order chi connectivity index (χ1) is 6.84. The van der Waals surface area contributed by atoms with Crippen LogP contribution in [0.15, 0.2) is 17.9 Å². The number of fused-ring (bicyclic) bond motifs is 3. The molecule has 72 valence electrons. The van der Waals surface area contributed by atoms with Gasteiger partial charge in [-0.2, -0.15) is 0 Å². The molecule has 0 saturated carbocycles. The summed E-state index contributed by atoms with van der Waals surface area (Å²) in [4.78, 5) is 0. The van der Waals surface area contributed by atoms with Crippen LogP contribution in [0.4, 0.5) is 0 Å². The van der Waals surface area contributed by atoms with Crippen LogP contribution in [0.3, 0.4) is 0 Å². The Morgan fingerprint density at radius 1 is 1.21 bits per heavy atom. The first-order valence-corrected chi connectivity index (χ1v) is 4.93. The van der Waals surface area contributed by atoms with Gasteiger partial charge in [0.2, 0.25) is 0 Å². The molecule has 0 saturated heterocycles. The molecule has 3 rings (SSSR count). The molecular formula is C12H12O2. The predicted molar refractivity (Wildman–Crippen MR) is 54.1 cm³/mol. The van der Waals surface area contributed by atoms with Crippen LogP contribution in [0.2, 0.25) is 0 Å². The fourth-order valence-electron chi connectivity index (χ4n) is 2.06. The summed E-state index contributed by atoms with van der Waals surface area (Å²) in [5, 5.41) is 0. The van der Waals surface area contributed by atoms with E-state index in [-0.39, 0.29) is 0 Å². The van der Waals surface area contributed by atoms with Crippen LogP contribution in [0.25, 0.3) is 6.08 Å². The molecule has 2 heteroatoms. The molecule has 2 heterocycles. The molecule has 2 aliphatic rings. The lowest BCUT2D eigenvalue weighted by Gasteiger charge is -2.18. The quantitative estimate of drug-likeness (QED) is 0.622. The van der Waals surface area contributed by atoms with Gasteiger partial charge in [-0.25, -0.2) is 0 Å². The topological polar surface area (TPSA) is 18.5 Å². The summed E-state index contributed by atoms with van der Waals surface area (Å²) in [5.41, 5.74) is 3.78. The molecule has 2 nitrogen and oxygen atoms in total. The molecule has 1 aromatic carbocycles. The summed E-state index contributed by atoms with van der Waals surface area (Å²) in [5.74, 6) is 2.04. The predicted octanol–water partition coefficient (Wildman–Crippen LogP) is 2.51. The molecule has 0 aliphatic carbocycles. The smallest absolute Gasteiger partial charge is 0.129 e. The van der Waals surface area contributed by atoms with Gasteiger partial charge in [0.1, 0.15) is 12.4 Å². The summed E-state index contributed by atoms with van der Waals surface area (Å²) in [6.45, 7) is 3.45. The molecular weight excluding hydrogens is 176 g/mol. The van der Waals surface area contributed by atoms with Crippen LogP contribution >= 0.6 is 0 Å². The summed E-state index contributed by atoms with van der Waals surface area (Å²) >= 11 is 0. The number of benzene rings is 1. The van der Waals surface area contributed by atoms with E-state index in [1.807, 2.05) is 6.92 Å². The largest absolute Gasteiger partial charge is 0.493 e. The maximum absolute atomic E-state index is 5.62. The fraction of sp³-hybridized carbons (Fsp3) is 0.333. The summed E-state index contributed by atoms with van der Waals surface area (Å²) in [6.07, 6.45) is 3.10. The molecule has 0 atom stereocenters. The van der Waals surface area contributed by atoms with Crippen LogP contribution in [0.1, 0.15) is 23.6 Å². The second-order valence-corrected chi connectivity index (χ2v) is 3.76. The summed E-state index contributed by atoms with van der Waals surface area (Å²) in [6, 6.07) is 4.32. The lowest BCUT2D eigenvalue weighted by molar-refractivity contribution is 0.195. The van der Waals surface area contributed by atoms with Gasteiger partial charge in [-0.15, -0.1) is 0 Å². The Bertz CT molecular complexity index is 419. The molecule has 0 radical (unpaired) electrons. The van der Waals surface area contributed by atoms with Crippen molar-refractivity contribution in [2.75, 3.05) is 6.61 Å². The highest BCUT2D eigenvalue weighted by Crippen LogP contribution is 2.35. The van der Waals surface area contributed by atoms with Gasteiger partial charge in [0, 0.05) is 12.0 Å². The van der Waals surface area contributed by atoms with Crippen LogP contribution in [-0.2, 0) is 17.8 Å². The number of ether oxygens (including phenoxy) is 2. The molecule has 0 unspecified atom stereocenters. The zero-order valence-electron chi connectivity index (χ0n) is 8.17. The van der Waals surface area contributed by atoms with Gasteiger partial charge in [-0.05, 0) is 24.1 Å². The Morgan fingerprint density at radius 2 is 2.14 bits per heavy atom. The SMILES string of the molecule is CC1=Cc2ccc3c(c2CO1)OCC3. The average molecular weight is 188 g/mol. The highest BCUT2D eigenvalue weighted by molar-refractivity contribution is 5.63. The Balaban J connectivity index is 2.20. The fourth-order valence-corrected chi connectivity index (χ4v) is 2.06. The molecule has 2 aliphatic heterocycles. The van der Waals surface area contributed by atoms with Crippen molar-refractivity contribution in [2.24, 2.45) is 0 Å². The molecule has 0 amide bonds.